The lowest BCUT2D eigenvalue weighted by Crippen LogP contribution is -2.58. The first-order valence-corrected chi connectivity index (χ1v) is 10.8. The summed E-state index contributed by atoms with van der Waals surface area (Å²) in [5.41, 5.74) is -0.0546. The fraction of sp³-hybridized carbons (Fsp3) is 0.409. The van der Waals surface area contributed by atoms with Crippen LogP contribution in [-0.2, 0) is 10.9 Å². The van der Waals surface area contributed by atoms with Crippen molar-refractivity contribution in [3.8, 4) is 5.69 Å². The molecule has 9 nitrogen and oxygen atoms in total. The molecule has 3 aromatic heterocycles. The van der Waals surface area contributed by atoms with Crippen LogP contribution in [0.15, 0.2) is 36.8 Å². The van der Waals surface area contributed by atoms with E-state index in [2.05, 4.69) is 25.5 Å². The van der Waals surface area contributed by atoms with Gasteiger partial charge in [-0.05, 0) is 39.0 Å². The highest BCUT2D eigenvalue weighted by molar-refractivity contribution is 5.96. The van der Waals surface area contributed by atoms with E-state index >= 15 is 0 Å². The average Bonchev–Trinajstić information content (AvgIpc) is 3.32. The molecule has 1 amide bonds. The number of aromatic nitrogens is 5. The Bertz CT molecular complexity index is 1200. The molecule has 1 fully saturated rings. The fourth-order valence-corrected chi connectivity index (χ4v) is 3.94. The quantitative estimate of drug-likeness (QED) is 0.545. The van der Waals surface area contributed by atoms with Crippen LogP contribution in [0.4, 0.5) is 23.4 Å². The number of pyridine rings is 2. The molecule has 1 N–H and O–H groups in total. The van der Waals surface area contributed by atoms with Crippen LogP contribution in [0.25, 0.3) is 5.69 Å². The van der Waals surface area contributed by atoms with Gasteiger partial charge in [-0.1, -0.05) is 0 Å². The Morgan fingerprint density at radius 1 is 1.23 bits per heavy atom. The number of morpholine rings is 1. The van der Waals surface area contributed by atoms with Crippen LogP contribution in [-0.4, -0.2) is 67.1 Å². The van der Waals surface area contributed by atoms with Crippen LogP contribution in [0.3, 0.4) is 0 Å². The number of amides is 1. The minimum Gasteiger partial charge on any atom is -0.372 e. The van der Waals surface area contributed by atoms with Gasteiger partial charge in [0.1, 0.15) is 5.69 Å². The van der Waals surface area contributed by atoms with Gasteiger partial charge in [0.05, 0.1) is 36.2 Å². The summed E-state index contributed by atoms with van der Waals surface area (Å²) in [4.78, 5) is 24.5. The van der Waals surface area contributed by atoms with Crippen molar-refractivity contribution in [2.75, 3.05) is 18.4 Å². The predicted molar refractivity (Wildman–Crippen MR) is 116 cm³/mol. The summed E-state index contributed by atoms with van der Waals surface area (Å²) in [7, 11) is 0. The van der Waals surface area contributed by atoms with Gasteiger partial charge in [0.25, 0.3) is 5.91 Å². The predicted octanol–water partition coefficient (Wildman–Crippen LogP) is 3.25. The number of aryl methyl sites for hydroxylation is 1. The Morgan fingerprint density at radius 3 is 2.60 bits per heavy atom. The highest BCUT2D eigenvalue weighted by Gasteiger charge is 2.38. The van der Waals surface area contributed by atoms with E-state index in [0.717, 1.165) is 0 Å². The molecule has 0 unspecified atom stereocenters. The topological polar surface area (TPSA) is 98.1 Å². The van der Waals surface area contributed by atoms with E-state index in [9.17, 15) is 22.4 Å². The molecule has 4 rings (SSSR count). The molecule has 0 spiro atoms. The van der Waals surface area contributed by atoms with Crippen molar-refractivity contribution in [1.29, 1.82) is 0 Å². The second-order valence-electron chi connectivity index (χ2n) is 8.25. The van der Waals surface area contributed by atoms with Crippen LogP contribution < -0.4 is 5.32 Å². The molecule has 1 aliphatic rings. The van der Waals surface area contributed by atoms with Gasteiger partial charge in [-0.2, -0.15) is 23.4 Å². The second-order valence-corrected chi connectivity index (χ2v) is 8.25. The maximum absolute atomic E-state index is 14.3. The van der Waals surface area contributed by atoms with Gasteiger partial charge in [0, 0.05) is 25.0 Å². The molecule has 0 saturated carbocycles. The zero-order valence-electron chi connectivity index (χ0n) is 19.1. The summed E-state index contributed by atoms with van der Waals surface area (Å²) in [6.07, 6.45) is -1.96. The van der Waals surface area contributed by atoms with Crippen LogP contribution in [0, 0.1) is 12.7 Å². The minimum atomic E-state index is -4.71. The third-order valence-electron chi connectivity index (χ3n) is 5.60. The van der Waals surface area contributed by atoms with E-state index < -0.39 is 35.6 Å². The maximum atomic E-state index is 14.3. The Hall–Kier alpha value is -3.61. The van der Waals surface area contributed by atoms with Crippen LogP contribution in [0.2, 0.25) is 0 Å². The molecule has 35 heavy (non-hydrogen) atoms. The third-order valence-corrected chi connectivity index (χ3v) is 5.60. The van der Waals surface area contributed by atoms with Crippen molar-refractivity contribution in [2.24, 2.45) is 0 Å². The number of nitrogens with one attached hydrogen (secondary N) is 1. The molecule has 0 bridgehead atoms. The first kappa shape index (κ1) is 24.5. The Labute approximate surface area is 198 Å². The highest BCUT2D eigenvalue weighted by Crippen LogP contribution is 2.30. The molecule has 13 heteroatoms. The first-order valence-electron chi connectivity index (χ1n) is 10.8. The van der Waals surface area contributed by atoms with Crippen molar-refractivity contribution in [3.63, 3.8) is 0 Å². The van der Waals surface area contributed by atoms with Crippen molar-refractivity contribution in [2.45, 2.75) is 45.2 Å². The maximum Gasteiger partial charge on any atom is 0.417 e. The molecule has 0 radical (unpaired) electrons. The summed E-state index contributed by atoms with van der Waals surface area (Å²) in [6.45, 7) is 5.53. The van der Waals surface area contributed by atoms with Gasteiger partial charge in [-0.25, -0.2) is 14.4 Å². The normalized spacial score (nSPS) is 20.7. The zero-order chi connectivity index (χ0) is 25.3. The van der Waals surface area contributed by atoms with E-state index in [0.29, 0.717) is 23.6 Å². The number of halogens is 4. The summed E-state index contributed by atoms with van der Waals surface area (Å²) < 4.78 is 58.7. The van der Waals surface area contributed by atoms with Crippen molar-refractivity contribution in [1.82, 2.24) is 29.9 Å². The van der Waals surface area contributed by atoms with Crippen LogP contribution >= 0.6 is 0 Å². The number of rotatable bonds is 5. The second kappa shape index (κ2) is 9.56. The SMILES string of the molecule is Cc1ccc(-n2nccn2)c(C(=O)N2C[C@@H](C)O[C@@H](C)[C@H]2CNc2ncc(C(F)(F)F)cc2F)n1. The molecule has 0 aliphatic carbocycles. The van der Waals surface area contributed by atoms with Gasteiger partial charge in [-0.3, -0.25) is 4.79 Å². The molecule has 1 saturated heterocycles. The Kier molecular flexibility index (Phi) is 6.70. The number of ether oxygens (including phenoxy) is 1. The lowest BCUT2D eigenvalue weighted by Gasteiger charge is -2.43. The number of nitrogens with zero attached hydrogens (tertiary/aromatic N) is 6. The van der Waals surface area contributed by atoms with Crippen LogP contribution in [0.5, 0.6) is 0 Å². The van der Waals surface area contributed by atoms with E-state index in [4.69, 9.17) is 4.74 Å². The van der Waals surface area contributed by atoms with Crippen molar-refractivity contribution >= 4 is 11.7 Å². The number of hydrogen-bond acceptors (Lipinski definition) is 7. The molecule has 4 heterocycles. The molecule has 1 aliphatic heterocycles. The average molecular weight is 493 g/mol. The number of carbonyl (C=O) groups excluding carboxylic acids is 1. The lowest BCUT2D eigenvalue weighted by molar-refractivity contribution is -0.138. The minimum absolute atomic E-state index is 0.0178. The molecule has 3 atom stereocenters. The van der Waals surface area contributed by atoms with Crippen LogP contribution in [0.1, 0.15) is 35.6 Å². The molecule has 3 aromatic rings. The van der Waals surface area contributed by atoms with Gasteiger partial charge >= 0.3 is 6.18 Å². The monoisotopic (exact) mass is 493 g/mol. The smallest absolute Gasteiger partial charge is 0.372 e. The van der Waals surface area contributed by atoms with E-state index in [1.165, 1.54) is 17.2 Å². The first-order chi connectivity index (χ1) is 16.5. The number of anilines is 1. The number of alkyl halides is 3. The van der Waals surface area contributed by atoms with E-state index in [1.807, 2.05) is 6.92 Å². The summed E-state index contributed by atoms with van der Waals surface area (Å²) in [5.74, 6) is -1.91. The number of carbonyl (C=O) groups is 1. The fourth-order valence-electron chi connectivity index (χ4n) is 3.94. The zero-order valence-corrected chi connectivity index (χ0v) is 19.1. The Balaban J connectivity index is 1.61. The standard InChI is InChI=1S/C22H23F4N7O2/c1-12-4-5-17(33-29-6-7-30-33)19(31-12)21(34)32-11-13(2)35-14(3)18(32)10-28-20-16(23)8-15(9-27-20)22(24,25)26/h4-9,13-14,18H,10-11H2,1-3H3,(H,27,28)/t13-,14+,18-/m1/s1. The van der Waals surface area contributed by atoms with Gasteiger partial charge in [0.2, 0.25) is 0 Å². The third kappa shape index (κ3) is 5.24. The summed E-state index contributed by atoms with van der Waals surface area (Å²) in [5, 5.41) is 10.9. The largest absolute Gasteiger partial charge is 0.417 e. The van der Waals surface area contributed by atoms with Gasteiger partial charge < -0.3 is 15.0 Å². The van der Waals surface area contributed by atoms with Gasteiger partial charge in [0.15, 0.2) is 17.3 Å². The van der Waals surface area contributed by atoms with Crippen molar-refractivity contribution < 1.29 is 27.1 Å². The molecule has 186 valence electrons. The van der Waals surface area contributed by atoms with E-state index in [1.54, 1.807) is 30.9 Å². The van der Waals surface area contributed by atoms with Gasteiger partial charge in [-0.15, -0.1) is 4.80 Å². The highest BCUT2D eigenvalue weighted by atomic mass is 19.4. The molecular formula is C22H23F4N7O2. The van der Waals surface area contributed by atoms with Crippen molar-refractivity contribution in [3.05, 3.63) is 59.6 Å². The summed E-state index contributed by atoms with van der Waals surface area (Å²) >= 11 is 0. The Morgan fingerprint density at radius 2 is 1.94 bits per heavy atom. The molecule has 0 aromatic carbocycles. The summed E-state index contributed by atoms with van der Waals surface area (Å²) in [6, 6.07) is 3.21. The number of hydrogen-bond donors (Lipinski definition) is 1. The van der Waals surface area contributed by atoms with E-state index in [-0.39, 0.29) is 30.7 Å². The molecular weight excluding hydrogens is 470 g/mol. The lowest BCUT2D eigenvalue weighted by atomic mass is 10.0.